The fraction of sp³-hybridized carbons (Fsp3) is 0.188. The first-order valence-corrected chi connectivity index (χ1v) is 23.9. The summed E-state index contributed by atoms with van der Waals surface area (Å²) in [5.74, 6) is 0.662. The molecule has 0 atom stereocenters. The molecule has 0 bridgehead atoms. The molecule has 65 heavy (non-hydrogen) atoms. The first-order valence-electron chi connectivity index (χ1n) is 23.9. The fourth-order valence-corrected chi connectivity index (χ4v) is 11.9. The van der Waals surface area contributed by atoms with E-state index >= 15 is 0 Å². The topological polar surface area (TPSA) is 3.24 Å². The van der Waals surface area contributed by atoms with E-state index in [4.69, 9.17) is 0 Å². The maximum absolute atomic E-state index is 2.48. The van der Waals surface area contributed by atoms with Gasteiger partial charge in [0.2, 0.25) is 0 Å². The summed E-state index contributed by atoms with van der Waals surface area (Å²) >= 11 is 0. The van der Waals surface area contributed by atoms with E-state index in [0.29, 0.717) is 5.92 Å². The molecule has 3 aliphatic carbocycles. The third kappa shape index (κ3) is 6.50. The van der Waals surface area contributed by atoms with Crippen LogP contribution in [-0.4, -0.2) is 0 Å². The molecule has 0 saturated heterocycles. The van der Waals surface area contributed by atoms with Crippen molar-refractivity contribution in [2.24, 2.45) is 0 Å². The number of rotatable bonds is 7. The van der Waals surface area contributed by atoms with Crippen LogP contribution in [0.25, 0.3) is 66.4 Å². The number of nitrogens with zero attached hydrogens (tertiary/aromatic N) is 1. The predicted octanol–water partition coefficient (Wildman–Crippen LogP) is 18.0. The molecular formula is C64H55N. The standard InChI is InChI=1S/C64H55N/c1-63(2)58-22-14-13-21-54(58)55-36-28-48(40-60(55)63)47-29-38-59-57(39-47)56-37-34-51(41-61(56)64(59,3)4)65(49-30-23-43(24-31-49)42-15-7-5-8-16-42)50-32-25-45(26-33-50)53-35-27-44-17-11-12-20-52(44)62(53)46-18-9-6-10-19-46/h6,9-14,17-42H,5,7-8,15-16H2,1-4H3. The van der Waals surface area contributed by atoms with Gasteiger partial charge in [-0.05, 0) is 162 Å². The summed E-state index contributed by atoms with van der Waals surface area (Å²) < 4.78 is 0. The van der Waals surface area contributed by atoms with Gasteiger partial charge >= 0.3 is 0 Å². The van der Waals surface area contributed by atoms with E-state index in [0.717, 1.165) is 5.69 Å². The van der Waals surface area contributed by atoms with Crippen LogP contribution in [0.2, 0.25) is 0 Å². The lowest BCUT2D eigenvalue weighted by molar-refractivity contribution is 0.443. The Morgan fingerprint density at radius 1 is 0.369 bits per heavy atom. The van der Waals surface area contributed by atoms with Crippen molar-refractivity contribution >= 4 is 27.8 Å². The molecule has 0 aliphatic heterocycles. The van der Waals surface area contributed by atoms with Crippen LogP contribution in [0.5, 0.6) is 0 Å². The molecule has 1 heteroatoms. The Labute approximate surface area is 385 Å². The molecule has 3 aliphatic rings. The minimum Gasteiger partial charge on any atom is -0.310 e. The van der Waals surface area contributed by atoms with Crippen LogP contribution in [0.4, 0.5) is 17.1 Å². The average molecular weight is 838 g/mol. The zero-order valence-electron chi connectivity index (χ0n) is 38.0. The summed E-state index contributed by atoms with van der Waals surface area (Å²) in [7, 11) is 0. The van der Waals surface area contributed by atoms with E-state index in [-0.39, 0.29) is 10.8 Å². The van der Waals surface area contributed by atoms with Crippen LogP contribution < -0.4 is 4.90 Å². The maximum atomic E-state index is 2.48. The number of hydrogen-bond acceptors (Lipinski definition) is 1. The quantitative estimate of drug-likeness (QED) is 0.155. The van der Waals surface area contributed by atoms with Crippen LogP contribution in [0.3, 0.4) is 0 Å². The van der Waals surface area contributed by atoms with Crippen molar-refractivity contribution in [3.63, 3.8) is 0 Å². The lowest BCUT2D eigenvalue weighted by Gasteiger charge is -2.29. The number of anilines is 3. The summed E-state index contributed by atoms with van der Waals surface area (Å²) in [6.07, 6.45) is 6.63. The van der Waals surface area contributed by atoms with Gasteiger partial charge in [-0.2, -0.15) is 0 Å². The molecule has 0 unspecified atom stereocenters. The zero-order chi connectivity index (χ0) is 43.9. The van der Waals surface area contributed by atoms with Gasteiger partial charge in [-0.1, -0.05) is 193 Å². The summed E-state index contributed by atoms with van der Waals surface area (Å²) in [6.45, 7) is 9.55. The van der Waals surface area contributed by atoms with Gasteiger partial charge in [0.1, 0.15) is 0 Å². The lowest BCUT2D eigenvalue weighted by atomic mass is 9.81. The molecule has 0 spiro atoms. The molecule has 12 rings (SSSR count). The summed E-state index contributed by atoms with van der Waals surface area (Å²) in [5, 5.41) is 2.53. The molecule has 0 aromatic heterocycles. The first kappa shape index (κ1) is 39.6. The minimum atomic E-state index is -0.162. The van der Waals surface area contributed by atoms with E-state index in [1.807, 2.05) is 0 Å². The van der Waals surface area contributed by atoms with Gasteiger partial charge in [0.15, 0.2) is 0 Å². The zero-order valence-corrected chi connectivity index (χ0v) is 38.0. The Kier molecular flexibility index (Phi) is 9.35. The van der Waals surface area contributed by atoms with Crippen LogP contribution in [0.15, 0.2) is 194 Å². The molecule has 9 aromatic carbocycles. The average Bonchev–Trinajstić information content (AvgIpc) is 3.73. The highest BCUT2D eigenvalue weighted by molar-refractivity contribution is 6.04. The fourth-order valence-electron chi connectivity index (χ4n) is 11.9. The lowest BCUT2D eigenvalue weighted by Crippen LogP contribution is -2.16. The van der Waals surface area contributed by atoms with E-state index in [2.05, 4.69) is 227 Å². The molecule has 0 N–H and O–H groups in total. The summed E-state index contributed by atoms with van der Waals surface area (Å²) in [6, 6.07) is 73.5. The van der Waals surface area contributed by atoms with E-state index < -0.39 is 0 Å². The molecule has 1 saturated carbocycles. The Morgan fingerprint density at radius 2 is 0.923 bits per heavy atom. The molecule has 1 fully saturated rings. The predicted molar refractivity (Wildman–Crippen MR) is 276 cm³/mol. The van der Waals surface area contributed by atoms with Gasteiger partial charge in [-0.25, -0.2) is 0 Å². The number of benzene rings is 9. The minimum absolute atomic E-state index is 0.0341. The summed E-state index contributed by atoms with van der Waals surface area (Å²) in [4.78, 5) is 2.47. The van der Waals surface area contributed by atoms with Crippen molar-refractivity contribution in [2.45, 2.75) is 76.5 Å². The largest absolute Gasteiger partial charge is 0.310 e. The van der Waals surface area contributed by atoms with Gasteiger partial charge < -0.3 is 4.90 Å². The van der Waals surface area contributed by atoms with Gasteiger partial charge in [0.05, 0.1) is 0 Å². The number of hydrogen-bond donors (Lipinski definition) is 0. The maximum Gasteiger partial charge on any atom is 0.0465 e. The van der Waals surface area contributed by atoms with Crippen molar-refractivity contribution in [3.05, 3.63) is 222 Å². The van der Waals surface area contributed by atoms with Crippen LogP contribution in [0.1, 0.15) is 93.5 Å². The Bertz CT molecular complexity index is 3270. The van der Waals surface area contributed by atoms with Crippen molar-refractivity contribution in [2.75, 3.05) is 4.90 Å². The Morgan fingerprint density at radius 3 is 1.71 bits per heavy atom. The van der Waals surface area contributed by atoms with Gasteiger partial charge in [-0.3, -0.25) is 0 Å². The second-order valence-electron chi connectivity index (χ2n) is 19.9. The van der Waals surface area contributed by atoms with E-state index in [1.54, 1.807) is 0 Å². The summed E-state index contributed by atoms with van der Waals surface area (Å²) in [5.41, 5.74) is 23.3. The number of fused-ring (bicyclic) bond motifs is 7. The van der Waals surface area contributed by atoms with E-state index in [9.17, 15) is 0 Å². The molecule has 0 radical (unpaired) electrons. The highest BCUT2D eigenvalue weighted by Gasteiger charge is 2.38. The first-order chi connectivity index (χ1) is 31.7. The molecule has 0 amide bonds. The van der Waals surface area contributed by atoms with Gasteiger partial charge in [-0.15, -0.1) is 0 Å². The van der Waals surface area contributed by atoms with Crippen LogP contribution >= 0.6 is 0 Å². The Hall–Kier alpha value is -6.96. The molecule has 9 aromatic rings. The molecular weight excluding hydrogens is 783 g/mol. The molecule has 316 valence electrons. The van der Waals surface area contributed by atoms with Crippen LogP contribution in [0, 0.1) is 0 Å². The third-order valence-corrected chi connectivity index (χ3v) is 15.5. The van der Waals surface area contributed by atoms with Gasteiger partial charge in [0, 0.05) is 27.9 Å². The van der Waals surface area contributed by atoms with Crippen molar-refractivity contribution < 1.29 is 0 Å². The second-order valence-corrected chi connectivity index (χ2v) is 19.9. The van der Waals surface area contributed by atoms with Crippen molar-refractivity contribution in [1.82, 2.24) is 0 Å². The second kappa shape index (κ2) is 15.3. The normalized spacial score (nSPS) is 15.6. The SMILES string of the molecule is CC1(C)c2ccccc2-c2ccc(-c3ccc4c(c3)-c3ccc(N(c5ccc(-c6ccc7ccccc7c6-c6ccccc6)cc5)c5ccc(C6CCCCC6)cc5)cc3C4(C)C)cc21. The monoisotopic (exact) mass is 837 g/mol. The third-order valence-electron chi connectivity index (χ3n) is 15.5. The molecule has 1 nitrogen and oxygen atoms in total. The van der Waals surface area contributed by atoms with Crippen molar-refractivity contribution in [1.29, 1.82) is 0 Å². The highest BCUT2D eigenvalue weighted by atomic mass is 15.1. The van der Waals surface area contributed by atoms with Crippen LogP contribution in [-0.2, 0) is 10.8 Å². The van der Waals surface area contributed by atoms with Crippen molar-refractivity contribution in [3.8, 4) is 55.6 Å². The highest BCUT2D eigenvalue weighted by Crippen LogP contribution is 2.53. The molecule has 0 heterocycles. The Balaban J connectivity index is 0.940. The van der Waals surface area contributed by atoms with Gasteiger partial charge in [0.25, 0.3) is 0 Å². The van der Waals surface area contributed by atoms with E-state index in [1.165, 1.54) is 138 Å². The smallest absolute Gasteiger partial charge is 0.0465 e.